The van der Waals surface area contributed by atoms with Crippen LogP contribution in [0.1, 0.15) is 20.3 Å². The predicted octanol–water partition coefficient (Wildman–Crippen LogP) is 1.67. The van der Waals surface area contributed by atoms with Gasteiger partial charge in [0.1, 0.15) is 0 Å². The van der Waals surface area contributed by atoms with E-state index < -0.39 is 0 Å². The lowest BCUT2D eigenvalue weighted by molar-refractivity contribution is -0.137. The second-order valence-corrected chi connectivity index (χ2v) is 5.48. The summed E-state index contributed by atoms with van der Waals surface area (Å²) in [7, 11) is 1.59. The molecule has 0 aromatic heterocycles. The zero-order valence-corrected chi connectivity index (χ0v) is 13.0. The first-order chi connectivity index (χ1) is 10.1. The lowest BCUT2D eigenvalue weighted by Crippen LogP contribution is -2.47. The van der Waals surface area contributed by atoms with E-state index in [1.54, 1.807) is 7.11 Å². The third kappa shape index (κ3) is 3.88. The predicted molar refractivity (Wildman–Crippen MR) is 81.7 cm³/mol. The Morgan fingerprint density at radius 2 is 2.10 bits per heavy atom. The Bertz CT molecular complexity index is 470. The highest BCUT2D eigenvalue weighted by Crippen LogP contribution is 2.26. The minimum absolute atomic E-state index is 0.0182. The number of carbonyl (C=O) groups excluding carboxylic acids is 1. The maximum Gasteiger partial charge on any atom is 0.261 e. The van der Waals surface area contributed by atoms with Crippen molar-refractivity contribution in [3.63, 3.8) is 0 Å². The smallest absolute Gasteiger partial charge is 0.261 e. The van der Waals surface area contributed by atoms with Gasteiger partial charge in [-0.25, -0.2) is 0 Å². The maximum atomic E-state index is 12.5. The van der Waals surface area contributed by atoms with Gasteiger partial charge in [0, 0.05) is 18.6 Å². The summed E-state index contributed by atoms with van der Waals surface area (Å²) in [5, 5.41) is 3.30. The van der Waals surface area contributed by atoms with E-state index in [1.807, 2.05) is 43.0 Å². The van der Waals surface area contributed by atoms with E-state index in [-0.39, 0.29) is 24.6 Å². The fourth-order valence-electron chi connectivity index (χ4n) is 2.74. The van der Waals surface area contributed by atoms with Crippen LogP contribution in [0.4, 0.5) is 0 Å². The number of carbonyl (C=O) groups is 1. The third-order valence-electron chi connectivity index (χ3n) is 3.69. The van der Waals surface area contributed by atoms with Crippen LogP contribution in [-0.4, -0.2) is 49.7 Å². The molecule has 1 saturated heterocycles. The molecule has 1 atom stereocenters. The first-order valence-electron chi connectivity index (χ1n) is 7.41. The summed E-state index contributed by atoms with van der Waals surface area (Å²) in [5.74, 6) is 1.26. The standard InChI is InChI=1S/C16H24N2O3/c1-12(2)18(13-8-9-17-10-13)16(19)11-21-15-7-5-4-6-14(15)20-3/h4-7,12-13,17H,8-11H2,1-3H3. The first kappa shape index (κ1) is 15.6. The van der Waals surface area contributed by atoms with Crippen molar-refractivity contribution in [2.75, 3.05) is 26.8 Å². The van der Waals surface area contributed by atoms with Gasteiger partial charge in [0.25, 0.3) is 5.91 Å². The van der Waals surface area contributed by atoms with Crippen molar-refractivity contribution in [3.05, 3.63) is 24.3 Å². The van der Waals surface area contributed by atoms with Crippen LogP contribution in [0, 0.1) is 0 Å². The molecule has 1 fully saturated rings. The summed E-state index contributed by atoms with van der Waals surface area (Å²) < 4.78 is 10.9. The van der Waals surface area contributed by atoms with Crippen molar-refractivity contribution in [1.29, 1.82) is 0 Å². The molecule has 1 N–H and O–H groups in total. The molecular weight excluding hydrogens is 268 g/mol. The van der Waals surface area contributed by atoms with E-state index in [4.69, 9.17) is 9.47 Å². The average molecular weight is 292 g/mol. The van der Waals surface area contributed by atoms with Crippen LogP contribution in [0.15, 0.2) is 24.3 Å². The maximum absolute atomic E-state index is 12.5. The second-order valence-electron chi connectivity index (χ2n) is 5.48. The largest absolute Gasteiger partial charge is 0.493 e. The molecule has 1 heterocycles. The fourth-order valence-corrected chi connectivity index (χ4v) is 2.74. The van der Waals surface area contributed by atoms with Crippen LogP contribution < -0.4 is 14.8 Å². The number of nitrogens with zero attached hydrogens (tertiary/aromatic N) is 1. The molecule has 1 unspecified atom stereocenters. The molecule has 1 aromatic carbocycles. The van der Waals surface area contributed by atoms with Crippen molar-refractivity contribution in [2.24, 2.45) is 0 Å². The Kier molecular flexibility index (Phi) is 5.44. The van der Waals surface area contributed by atoms with Gasteiger partial charge >= 0.3 is 0 Å². The van der Waals surface area contributed by atoms with E-state index in [0.717, 1.165) is 19.5 Å². The van der Waals surface area contributed by atoms with Gasteiger partial charge in [-0.15, -0.1) is 0 Å². The highest BCUT2D eigenvalue weighted by molar-refractivity contribution is 5.78. The van der Waals surface area contributed by atoms with Crippen LogP contribution in [0.5, 0.6) is 11.5 Å². The molecule has 5 nitrogen and oxygen atoms in total. The Labute approximate surface area is 126 Å². The van der Waals surface area contributed by atoms with Crippen molar-refractivity contribution in [1.82, 2.24) is 10.2 Å². The molecule has 0 spiro atoms. The van der Waals surface area contributed by atoms with E-state index in [2.05, 4.69) is 5.32 Å². The number of amides is 1. The van der Waals surface area contributed by atoms with E-state index in [0.29, 0.717) is 11.5 Å². The average Bonchev–Trinajstić information content (AvgIpc) is 2.99. The summed E-state index contributed by atoms with van der Waals surface area (Å²) >= 11 is 0. The van der Waals surface area contributed by atoms with Crippen molar-refractivity contribution in [2.45, 2.75) is 32.4 Å². The Balaban J connectivity index is 1.98. The minimum atomic E-state index is 0.0182. The van der Waals surface area contributed by atoms with Gasteiger partial charge in [0.05, 0.1) is 7.11 Å². The van der Waals surface area contributed by atoms with Crippen LogP contribution in [0.2, 0.25) is 0 Å². The third-order valence-corrected chi connectivity index (χ3v) is 3.69. The van der Waals surface area contributed by atoms with Gasteiger partial charge in [-0.1, -0.05) is 12.1 Å². The van der Waals surface area contributed by atoms with Crippen LogP contribution in [0.25, 0.3) is 0 Å². The number of rotatable bonds is 6. The topological polar surface area (TPSA) is 50.8 Å². The lowest BCUT2D eigenvalue weighted by atomic mass is 10.1. The first-order valence-corrected chi connectivity index (χ1v) is 7.41. The molecule has 1 aliphatic rings. The van der Waals surface area contributed by atoms with Gasteiger partial charge in [0.15, 0.2) is 18.1 Å². The van der Waals surface area contributed by atoms with Gasteiger partial charge in [0.2, 0.25) is 0 Å². The Morgan fingerprint density at radius 3 is 2.67 bits per heavy atom. The molecule has 0 radical (unpaired) electrons. The molecule has 116 valence electrons. The monoisotopic (exact) mass is 292 g/mol. The molecular formula is C16H24N2O3. The molecule has 2 rings (SSSR count). The van der Waals surface area contributed by atoms with Crippen LogP contribution in [0.3, 0.4) is 0 Å². The zero-order chi connectivity index (χ0) is 15.2. The molecule has 21 heavy (non-hydrogen) atoms. The summed E-state index contributed by atoms with van der Waals surface area (Å²) in [5.41, 5.74) is 0. The second kappa shape index (κ2) is 7.31. The van der Waals surface area contributed by atoms with Crippen molar-refractivity contribution < 1.29 is 14.3 Å². The molecule has 5 heteroatoms. The summed E-state index contributed by atoms with van der Waals surface area (Å²) in [6, 6.07) is 7.80. The normalized spacial score (nSPS) is 17.8. The Hall–Kier alpha value is -1.75. The van der Waals surface area contributed by atoms with E-state index >= 15 is 0 Å². The lowest BCUT2D eigenvalue weighted by Gasteiger charge is -2.32. The number of methoxy groups -OCH3 is 1. The highest BCUT2D eigenvalue weighted by atomic mass is 16.5. The van der Waals surface area contributed by atoms with Crippen LogP contribution in [-0.2, 0) is 4.79 Å². The number of hydrogen-bond donors (Lipinski definition) is 1. The van der Waals surface area contributed by atoms with Gasteiger partial charge < -0.3 is 19.7 Å². The number of para-hydroxylation sites is 2. The minimum Gasteiger partial charge on any atom is -0.493 e. The molecule has 1 aliphatic heterocycles. The van der Waals surface area contributed by atoms with Crippen LogP contribution >= 0.6 is 0 Å². The highest BCUT2D eigenvalue weighted by Gasteiger charge is 2.28. The summed E-state index contributed by atoms with van der Waals surface area (Å²) in [6.45, 7) is 5.95. The van der Waals surface area contributed by atoms with Gasteiger partial charge in [-0.2, -0.15) is 0 Å². The fraction of sp³-hybridized carbons (Fsp3) is 0.562. The number of benzene rings is 1. The molecule has 1 aromatic rings. The van der Waals surface area contributed by atoms with Gasteiger partial charge in [-0.05, 0) is 38.9 Å². The van der Waals surface area contributed by atoms with E-state index in [1.165, 1.54) is 0 Å². The number of nitrogens with one attached hydrogen (secondary N) is 1. The Morgan fingerprint density at radius 1 is 1.38 bits per heavy atom. The summed E-state index contributed by atoms with van der Waals surface area (Å²) in [6.07, 6.45) is 0.999. The number of ether oxygens (including phenoxy) is 2. The SMILES string of the molecule is COc1ccccc1OCC(=O)N(C(C)C)C1CCNC1. The zero-order valence-electron chi connectivity index (χ0n) is 13.0. The molecule has 0 saturated carbocycles. The number of hydrogen-bond acceptors (Lipinski definition) is 4. The molecule has 0 bridgehead atoms. The van der Waals surface area contributed by atoms with Gasteiger partial charge in [-0.3, -0.25) is 4.79 Å². The van der Waals surface area contributed by atoms with Crippen molar-refractivity contribution in [3.8, 4) is 11.5 Å². The summed E-state index contributed by atoms with van der Waals surface area (Å²) in [4.78, 5) is 14.4. The quantitative estimate of drug-likeness (QED) is 0.866. The molecule has 1 amide bonds. The van der Waals surface area contributed by atoms with Crippen molar-refractivity contribution >= 4 is 5.91 Å². The molecule has 0 aliphatic carbocycles. The van der Waals surface area contributed by atoms with E-state index in [9.17, 15) is 4.79 Å².